The first-order chi connectivity index (χ1) is 17.1. The number of halogens is 1. The van der Waals surface area contributed by atoms with Crippen LogP contribution < -0.4 is 0 Å². The van der Waals surface area contributed by atoms with E-state index in [0.717, 1.165) is 21.7 Å². The van der Waals surface area contributed by atoms with E-state index in [1.165, 1.54) is 44.2 Å². The molecule has 0 atom stereocenters. The molecule has 0 spiro atoms. The molecule has 35 heavy (non-hydrogen) atoms. The summed E-state index contributed by atoms with van der Waals surface area (Å²) in [6, 6.07) is 39.1. The zero-order chi connectivity index (χ0) is 23.7. The second-order valence-corrected chi connectivity index (χ2v) is 10.3. The third-order valence-corrected chi connectivity index (χ3v) is 7.98. The SMILES string of the molecule is CC1(C)c2ccccc2-c2c(-c3ccc4c(c3)c3cccc(Cl)c3n4-c3ccccc3)cccc21. The van der Waals surface area contributed by atoms with E-state index in [1.54, 1.807) is 0 Å². The van der Waals surface area contributed by atoms with Crippen molar-refractivity contribution in [2.24, 2.45) is 0 Å². The van der Waals surface area contributed by atoms with Crippen LogP contribution in [0.5, 0.6) is 0 Å². The topological polar surface area (TPSA) is 4.93 Å². The van der Waals surface area contributed by atoms with Gasteiger partial charge in [0.15, 0.2) is 0 Å². The molecule has 0 bridgehead atoms. The van der Waals surface area contributed by atoms with Gasteiger partial charge in [-0.3, -0.25) is 0 Å². The van der Waals surface area contributed by atoms with Crippen LogP contribution in [0, 0.1) is 0 Å². The number of aromatic nitrogens is 1. The van der Waals surface area contributed by atoms with Gasteiger partial charge in [0, 0.05) is 21.9 Å². The van der Waals surface area contributed by atoms with Crippen LogP contribution in [-0.2, 0) is 5.41 Å². The van der Waals surface area contributed by atoms with E-state index in [4.69, 9.17) is 11.6 Å². The van der Waals surface area contributed by atoms with Crippen molar-refractivity contribution in [3.8, 4) is 27.9 Å². The lowest BCUT2D eigenvalue weighted by Gasteiger charge is -2.21. The highest BCUT2D eigenvalue weighted by Gasteiger charge is 2.36. The van der Waals surface area contributed by atoms with E-state index >= 15 is 0 Å². The highest BCUT2D eigenvalue weighted by Crippen LogP contribution is 2.52. The molecule has 0 fully saturated rings. The van der Waals surface area contributed by atoms with Crippen LogP contribution in [0.1, 0.15) is 25.0 Å². The number of benzene rings is 5. The standard InChI is InChI=1S/C33H24ClN/c1-33(2)27-15-7-6-12-25(27)31-23(13-8-16-28(31)33)21-18-19-30-26(20-21)24-14-9-17-29(34)32(24)35(30)22-10-4-3-5-11-22/h3-20H,1-2H3. The molecular formula is C33H24ClN. The molecule has 1 aliphatic carbocycles. The summed E-state index contributed by atoms with van der Waals surface area (Å²) in [5.41, 5.74) is 11.3. The third kappa shape index (κ3) is 2.82. The number of hydrogen-bond acceptors (Lipinski definition) is 0. The van der Waals surface area contributed by atoms with Crippen molar-refractivity contribution in [1.82, 2.24) is 4.57 Å². The van der Waals surface area contributed by atoms with E-state index in [9.17, 15) is 0 Å². The van der Waals surface area contributed by atoms with Crippen LogP contribution in [-0.4, -0.2) is 4.57 Å². The lowest BCUT2D eigenvalue weighted by Crippen LogP contribution is -2.14. The Morgan fingerprint density at radius 2 is 1.34 bits per heavy atom. The van der Waals surface area contributed by atoms with E-state index < -0.39 is 0 Å². The molecule has 1 aromatic heterocycles. The highest BCUT2D eigenvalue weighted by molar-refractivity contribution is 6.36. The van der Waals surface area contributed by atoms with Crippen molar-refractivity contribution >= 4 is 33.4 Å². The summed E-state index contributed by atoms with van der Waals surface area (Å²) in [5.74, 6) is 0. The van der Waals surface area contributed by atoms with Crippen LogP contribution >= 0.6 is 11.6 Å². The van der Waals surface area contributed by atoms with Gasteiger partial charge in [-0.15, -0.1) is 0 Å². The van der Waals surface area contributed by atoms with Crippen molar-refractivity contribution in [1.29, 1.82) is 0 Å². The van der Waals surface area contributed by atoms with Crippen molar-refractivity contribution in [3.05, 3.63) is 125 Å². The molecule has 0 saturated heterocycles. The highest BCUT2D eigenvalue weighted by atomic mass is 35.5. The molecular weight excluding hydrogens is 446 g/mol. The number of para-hydroxylation sites is 2. The fourth-order valence-electron chi connectivity index (χ4n) is 6.04. The van der Waals surface area contributed by atoms with Crippen LogP contribution in [0.25, 0.3) is 49.7 Å². The molecule has 1 nitrogen and oxygen atoms in total. The average Bonchev–Trinajstić information content (AvgIpc) is 3.35. The summed E-state index contributed by atoms with van der Waals surface area (Å²) in [4.78, 5) is 0. The summed E-state index contributed by atoms with van der Waals surface area (Å²) in [7, 11) is 0. The van der Waals surface area contributed by atoms with Crippen LogP contribution in [0.2, 0.25) is 5.02 Å². The zero-order valence-electron chi connectivity index (χ0n) is 19.7. The number of hydrogen-bond donors (Lipinski definition) is 0. The molecule has 0 aliphatic heterocycles. The predicted octanol–water partition coefficient (Wildman–Crippen LogP) is 9.41. The third-order valence-electron chi connectivity index (χ3n) is 7.67. The van der Waals surface area contributed by atoms with E-state index in [2.05, 4.69) is 109 Å². The van der Waals surface area contributed by atoms with Gasteiger partial charge in [-0.25, -0.2) is 0 Å². The number of rotatable bonds is 2. The Morgan fingerprint density at radius 1 is 0.629 bits per heavy atom. The summed E-state index contributed by atoms with van der Waals surface area (Å²) >= 11 is 6.78. The molecule has 0 unspecified atom stereocenters. The predicted molar refractivity (Wildman–Crippen MR) is 149 cm³/mol. The number of nitrogens with zero attached hydrogens (tertiary/aromatic N) is 1. The minimum Gasteiger partial charge on any atom is -0.308 e. The van der Waals surface area contributed by atoms with E-state index in [-0.39, 0.29) is 5.41 Å². The second kappa shape index (κ2) is 7.34. The monoisotopic (exact) mass is 469 g/mol. The van der Waals surface area contributed by atoms with Crippen LogP contribution in [0.3, 0.4) is 0 Å². The van der Waals surface area contributed by atoms with Gasteiger partial charge in [0.25, 0.3) is 0 Å². The lowest BCUT2D eigenvalue weighted by molar-refractivity contribution is 0.660. The molecule has 0 N–H and O–H groups in total. The van der Waals surface area contributed by atoms with Gasteiger partial charge < -0.3 is 4.57 Å². The maximum atomic E-state index is 6.78. The van der Waals surface area contributed by atoms with Crippen LogP contribution in [0.4, 0.5) is 0 Å². The quantitative estimate of drug-likeness (QED) is 0.238. The Morgan fingerprint density at radius 3 is 2.20 bits per heavy atom. The van der Waals surface area contributed by atoms with Gasteiger partial charge in [0.1, 0.15) is 0 Å². The van der Waals surface area contributed by atoms with Gasteiger partial charge in [-0.05, 0) is 63.7 Å². The van der Waals surface area contributed by atoms with Gasteiger partial charge in [0.05, 0.1) is 16.1 Å². The molecule has 168 valence electrons. The second-order valence-electron chi connectivity index (χ2n) is 9.94. The largest absolute Gasteiger partial charge is 0.308 e. The zero-order valence-corrected chi connectivity index (χ0v) is 20.5. The van der Waals surface area contributed by atoms with E-state index in [1.807, 2.05) is 18.2 Å². The maximum absolute atomic E-state index is 6.78. The van der Waals surface area contributed by atoms with Crippen molar-refractivity contribution in [2.45, 2.75) is 19.3 Å². The van der Waals surface area contributed by atoms with Crippen molar-refractivity contribution in [3.63, 3.8) is 0 Å². The van der Waals surface area contributed by atoms with Gasteiger partial charge in [-0.2, -0.15) is 0 Å². The minimum atomic E-state index is -0.0110. The fourth-order valence-corrected chi connectivity index (χ4v) is 6.29. The Balaban J connectivity index is 1.54. The molecule has 0 saturated carbocycles. The van der Waals surface area contributed by atoms with E-state index in [0.29, 0.717) is 0 Å². The molecule has 2 heteroatoms. The Kier molecular flexibility index (Phi) is 4.31. The first-order valence-corrected chi connectivity index (χ1v) is 12.5. The van der Waals surface area contributed by atoms with Crippen LogP contribution in [0.15, 0.2) is 109 Å². The number of fused-ring (bicyclic) bond motifs is 6. The molecule has 0 radical (unpaired) electrons. The van der Waals surface area contributed by atoms with Gasteiger partial charge >= 0.3 is 0 Å². The van der Waals surface area contributed by atoms with Gasteiger partial charge in [0.2, 0.25) is 0 Å². The molecule has 5 aromatic carbocycles. The van der Waals surface area contributed by atoms with Crippen molar-refractivity contribution in [2.75, 3.05) is 0 Å². The first kappa shape index (κ1) is 20.6. The summed E-state index contributed by atoms with van der Waals surface area (Å²) in [6.07, 6.45) is 0. The minimum absolute atomic E-state index is 0.0110. The lowest BCUT2D eigenvalue weighted by atomic mass is 9.82. The first-order valence-electron chi connectivity index (χ1n) is 12.1. The summed E-state index contributed by atoms with van der Waals surface area (Å²) in [6.45, 7) is 4.67. The molecule has 0 amide bonds. The Bertz CT molecular complexity index is 1770. The average molecular weight is 470 g/mol. The molecule has 1 heterocycles. The maximum Gasteiger partial charge on any atom is 0.0727 e. The Hall–Kier alpha value is -3.81. The Labute approximate surface area is 210 Å². The normalized spacial score (nSPS) is 13.8. The molecule has 7 rings (SSSR count). The molecule has 6 aromatic rings. The summed E-state index contributed by atoms with van der Waals surface area (Å²) in [5, 5.41) is 3.15. The fraction of sp³-hybridized carbons (Fsp3) is 0.0909. The van der Waals surface area contributed by atoms with Crippen molar-refractivity contribution < 1.29 is 0 Å². The van der Waals surface area contributed by atoms with Gasteiger partial charge in [-0.1, -0.05) is 104 Å². The summed E-state index contributed by atoms with van der Waals surface area (Å²) < 4.78 is 2.28. The molecule has 1 aliphatic rings. The smallest absolute Gasteiger partial charge is 0.0727 e.